The molecular formula is C26H21ClN2O3S. The molecule has 2 N–H and O–H groups in total. The molecule has 0 spiro atoms. The summed E-state index contributed by atoms with van der Waals surface area (Å²) in [6.45, 7) is 2.17. The number of carbonyl (C=O) groups excluding carboxylic acids is 1. The number of carboxylic acids is 1. The summed E-state index contributed by atoms with van der Waals surface area (Å²) in [5.74, 6) is -1.05. The minimum absolute atomic E-state index is 0.0344. The average Bonchev–Trinajstić information content (AvgIpc) is 3.19. The highest BCUT2D eigenvalue weighted by Gasteiger charge is 2.17. The minimum atomic E-state index is -0.870. The maximum atomic E-state index is 12.9. The van der Waals surface area contributed by atoms with E-state index in [2.05, 4.69) is 10.3 Å². The summed E-state index contributed by atoms with van der Waals surface area (Å²) in [6.07, 6.45) is -0.0344. The molecule has 0 unspecified atom stereocenters. The molecule has 0 saturated carbocycles. The molecule has 166 valence electrons. The monoisotopic (exact) mass is 476 g/mol. The molecule has 4 aromatic rings. The summed E-state index contributed by atoms with van der Waals surface area (Å²) in [5, 5.41) is 13.5. The third-order valence-electron chi connectivity index (χ3n) is 5.14. The lowest BCUT2D eigenvalue weighted by molar-refractivity contribution is -0.136. The topological polar surface area (TPSA) is 79.3 Å². The number of carbonyl (C=O) groups is 2. The predicted molar refractivity (Wildman–Crippen MR) is 132 cm³/mol. The average molecular weight is 477 g/mol. The van der Waals surface area contributed by atoms with Crippen LogP contribution in [0, 0.1) is 6.92 Å². The van der Waals surface area contributed by atoms with E-state index in [-0.39, 0.29) is 12.3 Å². The number of benzene rings is 3. The van der Waals surface area contributed by atoms with Crippen LogP contribution in [0.15, 0.2) is 72.8 Å². The van der Waals surface area contributed by atoms with E-state index in [9.17, 15) is 9.59 Å². The molecule has 0 aliphatic rings. The van der Waals surface area contributed by atoms with Crippen molar-refractivity contribution in [1.82, 2.24) is 10.3 Å². The lowest BCUT2D eigenvalue weighted by Gasteiger charge is -2.12. The first kappa shape index (κ1) is 22.7. The Balaban J connectivity index is 1.52. The number of rotatable bonds is 7. The van der Waals surface area contributed by atoms with E-state index < -0.39 is 5.97 Å². The number of nitrogens with one attached hydrogen (secondary N) is 1. The van der Waals surface area contributed by atoms with Crippen LogP contribution in [0.2, 0.25) is 5.02 Å². The smallest absolute Gasteiger partial charge is 0.307 e. The summed E-state index contributed by atoms with van der Waals surface area (Å²) < 4.78 is 0. The normalized spacial score (nSPS) is 10.7. The molecule has 3 aromatic carbocycles. The molecule has 1 amide bonds. The van der Waals surface area contributed by atoms with Crippen molar-refractivity contribution in [2.24, 2.45) is 0 Å². The minimum Gasteiger partial charge on any atom is -0.481 e. The zero-order valence-corrected chi connectivity index (χ0v) is 19.4. The van der Waals surface area contributed by atoms with Gasteiger partial charge in [0.05, 0.1) is 12.1 Å². The van der Waals surface area contributed by atoms with Gasteiger partial charge in [-0.2, -0.15) is 0 Å². The Morgan fingerprint density at radius 2 is 1.76 bits per heavy atom. The maximum absolute atomic E-state index is 12.9. The van der Waals surface area contributed by atoms with E-state index in [1.807, 2.05) is 61.5 Å². The van der Waals surface area contributed by atoms with E-state index >= 15 is 0 Å². The quantitative estimate of drug-likeness (QED) is 0.343. The van der Waals surface area contributed by atoms with Crippen molar-refractivity contribution in [3.8, 4) is 21.7 Å². The molecule has 0 aliphatic carbocycles. The number of thiazole rings is 1. The Bertz CT molecular complexity index is 1320. The van der Waals surface area contributed by atoms with E-state index in [1.165, 1.54) is 11.3 Å². The van der Waals surface area contributed by atoms with Crippen LogP contribution in [-0.4, -0.2) is 22.0 Å². The highest BCUT2D eigenvalue weighted by molar-refractivity contribution is 7.17. The van der Waals surface area contributed by atoms with Crippen LogP contribution >= 0.6 is 22.9 Å². The van der Waals surface area contributed by atoms with Gasteiger partial charge in [-0.25, -0.2) is 4.98 Å². The van der Waals surface area contributed by atoms with Crippen molar-refractivity contribution in [2.45, 2.75) is 19.9 Å². The van der Waals surface area contributed by atoms with Gasteiger partial charge in [0.15, 0.2) is 0 Å². The molecular weight excluding hydrogens is 456 g/mol. The van der Waals surface area contributed by atoms with Gasteiger partial charge in [-0.05, 0) is 41.3 Å². The summed E-state index contributed by atoms with van der Waals surface area (Å²) in [4.78, 5) is 29.1. The van der Waals surface area contributed by atoms with Crippen LogP contribution in [0.25, 0.3) is 21.7 Å². The fourth-order valence-corrected chi connectivity index (χ4v) is 4.67. The molecule has 7 heteroatoms. The highest BCUT2D eigenvalue weighted by Crippen LogP contribution is 2.29. The van der Waals surface area contributed by atoms with Gasteiger partial charge < -0.3 is 10.4 Å². The molecule has 33 heavy (non-hydrogen) atoms. The van der Waals surface area contributed by atoms with E-state index in [0.717, 1.165) is 32.8 Å². The molecule has 0 saturated heterocycles. The summed E-state index contributed by atoms with van der Waals surface area (Å²) in [6, 6.07) is 22.6. The second-order valence-corrected chi connectivity index (χ2v) is 8.99. The maximum Gasteiger partial charge on any atom is 0.307 e. The van der Waals surface area contributed by atoms with E-state index in [1.54, 1.807) is 18.2 Å². The number of hydrogen-bond acceptors (Lipinski definition) is 4. The molecule has 0 aliphatic heterocycles. The third kappa shape index (κ3) is 5.48. The Kier molecular flexibility index (Phi) is 6.87. The molecule has 1 aromatic heterocycles. The van der Waals surface area contributed by atoms with Crippen molar-refractivity contribution in [1.29, 1.82) is 0 Å². The van der Waals surface area contributed by atoms with Gasteiger partial charge >= 0.3 is 5.97 Å². The Morgan fingerprint density at radius 1 is 1.00 bits per heavy atom. The lowest BCUT2D eigenvalue weighted by atomic mass is 9.97. The molecule has 4 rings (SSSR count). The molecule has 0 bridgehead atoms. The van der Waals surface area contributed by atoms with Gasteiger partial charge in [-0.3, -0.25) is 9.59 Å². The van der Waals surface area contributed by atoms with Gasteiger partial charge in [0.25, 0.3) is 5.91 Å². The zero-order chi connectivity index (χ0) is 23.4. The largest absolute Gasteiger partial charge is 0.481 e. The fraction of sp³-hybridized carbons (Fsp3) is 0.115. The van der Waals surface area contributed by atoms with Gasteiger partial charge in [-0.1, -0.05) is 72.3 Å². The molecule has 1 heterocycles. The second-order valence-electron chi connectivity index (χ2n) is 7.55. The first-order valence-corrected chi connectivity index (χ1v) is 11.5. The molecule has 0 fully saturated rings. The molecule has 5 nitrogen and oxygen atoms in total. The number of aryl methyl sites for hydroxylation is 1. The number of amides is 1. The van der Waals surface area contributed by atoms with Crippen molar-refractivity contribution in [2.75, 3.05) is 0 Å². The number of halogens is 1. The van der Waals surface area contributed by atoms with E-state index in [0.29, 0.717) is 22.1 Å². The number of aromatic nitrogens is 1. The Labute approximate surface area is 200 Å². The predicted octanol–water partition coefficient (Wildman–Crippen LogP) is 6.00. The van der Waals surface area contributed by atoms with Crippen molar-refractivity contribution in [3.05, 3.63) is 99.5 Å². The van der Waals surface area contributed by atoms with Crippen LogP contribution < -0.4 is 5.32 Å². The first-order valence-electron chi connectivity index (χ1n) is 10.3. The van der Waals surface area contributed by atoms with Crippen LogP contribution in [0.4, 0.5) is 0 Å². The Morgan fingerprint density at radius 3 is 2.52 bits per heavy atom. The number of aliphatic carboxylic acids is 1. The van der Waals surface area contributed by atoms with Crippen LogP contribution in [-0.2, 0) is 17.8 Å². The van der Waals surface area contributed by atoms with Gasteiger partial charge in [0.2, 0.25) is 0 Å². The number of hydrogen-bond donors (Lipinski definition) is 2. The highest BCUT2D eigenvalue weighted by atomic mass is 35.5. The zero-order valence-electron chi connectivity index (χ0n) is 17.8. The lowest BCUT2D eigenvalue weighted by Crippen LogP contribution is -2.22. The second kappa shape index (κ2) is 9.98. The van der Waals surface area contributed by atoms with Crippen LogP contribution in [0.1, 0.15) is 26.5 Å². The van der Waals surface area contributed by atoms with Crippen molar-refractivity contribution >= 4 is 34.8 Å². The van der Waals surface area contributed by atoms with Gasteiger partial charge in [0.1, 0.15) is 9.88 Å². The van der Waals surface area contributed by atoms with Gasteiger partial charge in [0, 0.05) is 17.1 Å². The fourth-order valence-electron chi connectivity index (χ4n) is 3.56. The number of carboxylic acid groups (broad SMARTS) is 1. The van der Waals surface area contributed by atoms with Crippen molar-refractivity contribution in [3.63, 3.8) is 0 Å². The van der Waals surface area contributed by atoms with Crippen LogP contribution in [0.3, 0.4) is 0 Å². The van der Waals surface area contributed by atoms with E-state index in [4.69, 9.17) is 16.7 Å². The van der Waals surface area contributed by atoms with Gasteiger partial charge in [-0.15, -0.1) is 11.3 Å². The SMILES string of the molecule is Cc1nc(-c2ccc(Cl)cc2)sc1C(=O)NCc1ccccc1-c1cccc(CC(=O)O)c1. The third-order valence-corrected chi connectivity index (χ3v) is 6.60. The first-order chi connectivity index (χ1) is 15.9. The molecule has 0 radical (unpaired) electrons. The summed E-state index contributed by atoms with van der Waals surface area (Å²) >= 11 is 7.31. The Hall–Kier alpha value is -3.48. The van der Waals surface area contributed by atoms with Crippen LogP contribution in [0.5, 0.6) is 0 Å². The number of nitrogens with zero attached hydrogens (tertiary/aromatic N) is 1. The standard InChI is InChI=1S/C26H21ClN2O3S/c1-16-24(33-26(29-16)18-9-11-21(27)12-10-18)25(32)28-15-20-6-2-3-8-22(20)19-7-4-5-17(13-19)14-23(30)31/h2-13H,14-15H2,1H3,(H,28,32)(H,30,31). The van der Waals surface area contributed by atoms with Crippen molar-refractivity contribution < 1.29 is 14.7 Å². The summed E-state index contributed by atoms with van der Waals surface area (Å²) in [5.41, 5.74) is 5.13. The molecule has 0 atom stereocenters. The summed E-state index contributed by atoms with van der Waals surface area (Å²) in [7, 11) is 0.